The number of esters is 1. The van der Waals surface area contributed by atoms with Gasteiger partial charge in [-0.1, -0.05) is 32.9 Å². The number of rotatable bonds is 3. The molecule has 2 saturated carbocycles. The second-order valence-electron chi connectivity index (χ2n) is 9.69. The van der Waals surface area contributed by atoms with E-state index in [-0.39, 0.29) is 16.8 Å². The number of carbonyl (C=O) groups excluding carboxylic acids is 1. The maximum Gasteiger partial charge on any atom is 0.312 e. The molecule has 3 aliphatic carbocycles. The van der Waals surface area contributed by atoms with Gasteiger partial charge in [0.2, 0.25) is 0 Å². The summed E-state index contributed by atoms with van der Waals surface area (Å²) in [5.41, 5.74) is -0.860. The van der Waals surface area contributed by atoms with E-state index in [1.807, 2.05) is 19.9 Å². The fraction of sp³-hybridized carbons (Fsp3) is 0.864. The normalized spacial score (nSPS) is 46.4. The molecular weight excluding hydrogens is 312 g/mol. The van der Waals surface area contributed by atoms with Gasteiger partial charge in [-0.05, 0) is 81.5 Å². The fourth-order valence-electron chi connectivity index (χ4n) is 6.35. The van der Waals surface area contributed by atoms with Crippen LogP contribution in [0, 0.1) is 34.5 Å². The third-order valence-electron chi connectivity index (χ3n) is 7.79. The van der Waals surface area contributed by atoms with Gasteiger partial charge in [0, 0.05) is 0 Å². The molecule has 0 heterocycles. The summed E-state index contributed by atoms with van der Waals surface area (Å²) in [4.78, 5) is 13.2. The van der Waals surface area contributed by atoms with Crippen molar-refractivity contribution in [3.05, 3.63) is 12.2 Å². The van der Waals surface area contributed by atoms with Crippen molar-refractivity contribution in [1.29, 1.82) is 0 Å². The number of carbonyl (C=O) groups is 1. The number of fused-ring (bicyclic) bond motifs is 3. The highest BCUT2D eigenvalue weighted by Gasteiger charge is 2.64. The van der Waals surface area contributed by atoms with Gasteiger partial charge in [0.1, 0.15) is 0 Å². The van der Waals surface area contributed by atoms with Crippen molar-refractivity contribution >= 4 is 5.97 Å². The van der Waals surface area contributed by atoms with Crippen LogP contribution in [0.3, 0.4) is 0 Å². The average molecular weight is 349 g/mol. The number of hydrogen-bond acceptors (Lipinski definition) is 3. The van der Waals surface area contributed by atoms with Crippen molar-refractivity contribution in [2.75, 3.05) is 6.61 Å². The standard InChI is InChI=1S/C22H36O3/c1-6-25-19(23)22-14-12-20(4)11-13-21(5,24)10-9-17(20)18(22)8-7-16(22)15(2)3/h9-10,15-18,24H,6-8,11-14H2,1-5H3/t16-,17+,18+,20-,21+,22+/m1/s1. The van der Waals surface area contributed by atoms with Gasteiger partial charge in [0.05, 0.1) is 17.6 Å². The van der Waals surface area contributed by atoms with Gasteiger partial charge < -0.3 is 9.84 Å². The number of ether oxygens (including phenoxy) is 1. The summed E-state index contributed by atoms with van der Waals surface area (Å²) in [6.07, 6.45) is 10.3. The zero-order valence-corrected chi connectivity index (χ0v) is 16.7. The predicted octanol–water partition coefficient (Wildman–Crippen LogP) is 4.74. The Bertz CT molecular complexity index is 549. The SMILES string of the molecule is CCOC(=O)[C@]12CC[C@@]3(C)CC[C@@](C)(O)C=C[C@H]3[C@@H]1CC[C@@H]2C(C)C. The summed E-state index contributed by atoms with van der Waals surface area (Å²) in [7, 11) is 0. The summed E-state index contributed by atoms with van der Waals surface area (Å²) in [6, 6.07) is 0. The van der Waals surface area contributed by atoms with Crippen molar-refractivity contribution in [2.24, 2.45) is 34.5 Å². The molecule has 0 amide bonds. The Morgan fingerprint density at radius 1 is 1.20 bits per heavy atom. The number of aliphatic hydroxyl groups is 1. The Hall–Kier alpha value is -0.830. The van der Waals surface area contributed by atoms with E-state index in [0.717, 1.165) is 38.5 Å². The second-order valence-corrected chi connectivity index (χ2v) is 9.69. The van der Waals surface area contributed by atoms with Gasteiger partial charge >= 0.3 is 5.97 Å². The topological polar surface area (TPSA) is 46.5 Å². The molecule has 0 bridgehead atoms. The van der Waals surface area contributed by atoms with Crippen LogP contribution in [0.5, 0.6) is 0 Å². The van der Waals surface area contributed by atoms with E-state index in [0.29, 0.717) is 30.3 Å². The van der Waals surface area contributed by atoms with Gasteiger partial charge in [0.15, 0.2) is 0 Å². The summed E-state index contributed by atoms with van der Waals surface area (Å²) < 4.78 is 5.64. The lowest BCUT2D eigenvalue weighted by Crippen LogP contribution is -2.52. The van der Waals surface area contributed by atoms with Crippen molar-refractivity contribution < 1.29 is 14.6 Å². The minimum absolute atomic E-state index is 0.0441. The van der Waals surface area contributed by atoms with Crippen LogP contribution in [-0.2, 0) is 9.53 Å². The molecule has 3 rings (SSSR count). The molecule has 0 unspecified atom stereocenters. The highest BCUT2D eigenvalue weighted by Crippen LogP contribution is 2.66. The third kappa shape index (κ3) is 2.97. The first-order valence-corrected chi connectivity index (χ1v) is 10.3. The molecule has 6 atom stereocenters. The van der Waals surface area contributed by atoms with E-state index in [4.69, 9.17) is 4.74 Å². The molecule has 3 nitrogen and oxygen atoms in total. The van der Waals surface area contributed by atoms with Gasteiger partial charge in [-0.3, -0.25) is 4.79 Å². The van der Waals surface area contributed by atoms with Crippen LogP contribution in [0.4, 0.5) is 0 Å². The van der Waals surface area contributed by atoms with E-state index < -0.39 is 5.60 Å². The lowest BCUT2D eigenvalue weighted by molar-refractivity contribution is -0.171. The number of allylic oxidation sites excluding steroid dienone is 1. The molecule has 0 aromatic carbocycles. The second kappa shape index (κ2) is 6.40. The van der Waals surface area contributed by atoms with Crippen molar-refractivity contribution in [3.63, 3.8) is 0 Å². The molecule has 25 heavy (non-hydrogen) atoms. The quantitative estimate of drug-likeness (QED) is 0.592. The van der Waals surface area contributed by atoms with Crippen LogP contribution in [-0.4, -0.2) is 23.3 Å². The minimum Gasteiger partial charge on any atom is -0.466 e. The molecule has 142 valence electrons. The maximum absolute atomic E-state index is 13.2. The lowest BCUT2D eigenvalue weighted by atomic mass is 9.50. The van der Waals surface area contributed by atoms with E-state index in [1.54, 1.807) is 0 Å². The smallest absolute Gasteiger partial charge is 0.312 e. The van der Waals surface area contributed by atoms with Gasteiger partial charge in [0.25, 0.3) is 0 Å². The molecule has 0 aliphatic heterocycles. The summed E-state index contributed by atoms with van der Waals surface area (Å²) in [5.74, 6) is 1.67. The molecule has 2 fully saturated rings. The van der Waals surface area contributed by atoms with Crippen LogP contribution >= 0.6 is 0 Å². The van der Waals surface area contributed by atoms with E-state index in [1.165, 1.54) is 0 Å². The van der Waals surface area contributed by atoms with Crippen molar-refractivity contribution in [3.8, 4) is 0 Å². The Morgan fingerprint density at radius 2 is 1.88 bits per heavy atom. The molecule has 1 N–H and O–H groups in total. The molecule has 0 aromatic rings. The average Bonchev–Trinajstić information content (AvgIpc) is 2.88. The minimum atomic E-state index is -0.719. The molecule has 3 heteroatoms. The molecular formula is C22H36O3. The van der Waals surface area contributed by atoms with E-state index in [2.05, 4.69) is 26.8 Å². The van der Waals surface area contributed by atoms with Crippen LogP contribution in [0.1, 0.15) is 73.1 Å². The summed E-state index contributed by atoms with van der Waals surface area (Å²) >= 11 is 0. The zero-order chi connectivity index (χ0) is 18.5. The van der Waals surface area contributed by atoms with Gasteiger partial charge in [-0.15, -0.1) is 0 Å². The largest absolute Gasteiger partial charge is 0.466 e. The Morgan fingerprint density at radius 3 is 2.52 bits per heavy atom. The van der Waals surface area contributed by atoms with Gasteiger partial charge in [-0.2, -0.15) is 0 Å². The molecule has 3 aliphatic rings. The van der Waals surface area contributed by atoms with E-state index >= 15 is 0 Å². The monoisotopic (exact) mass is 348 g/mol. The molecule has 0 saturated heterocycles. The summed E-state index contributed by atoms with van der Waals surface area (Å²) in [6.45, 7) is 11.2. The highest BCUT2D eigenvalue weighted by atomic mass is 16.5. The van der Waals surface area contributed by atoms with Crippen LogP contribution in [0.2, 0.25) is 0 Å². The van der Waals surface area contributed by atoms with Crippen LogP contribution < -0.4 is 0 Å². The first-order chi connectivity index (χ1) is 11.7. The van der Waals surface area contributed by atoms with Crippen molar-refractivity contribution in [1.82, 2.24) is 0 Å². The number of hydrogen-bond donors (Lipinski definition) is 1. The molecule has 0 spiro atoms. The molecule has 0 aromatic heterocycles. The Kier molecular flexibility index (Phi) is 4.85. The predicted molar refractivity (Wildman–Crippen MR) is 99.9 cm³/mol. The maximum atomic E-state index is 13.2. The lowest BCUT2D eigenvalue weighted by Gasteiger charge is -2.53. The third-order valence-corrected chi connectivity index (χ3v) is 7.79. The van der Waals surface area contributed by atoms with Crippen molar-refractivity contribution in [2.45, 2.75) is 78.7 Å². The fourth-order valence-corrected chi connectivity index (χ4v) is 6.35. The van der Waals surface area contributed by atoms with E-state index in [9.17, 15) is 9.90 Å². The Labute approximate surface area is 153 Å². The molecule has 0 radical (unpaired) electrons. The zero-order valence-electron chi connectivity index (χ0n) is 16.7. The highest BCUT2D eigenvalue weighted by molar-refractivity contribution is 5.78. The van der Waals surface area contributed by atoms with Crippen LogP contribution in [0.15, 0.2) is 12.2 Å². The Balaban J connectivity index is 2.03. The van der Waals surface area contributed by atoms with Gasteiger partial charge in [-0.25, -0.2) is 0 Å². The van der Waals surface area contributed by atoms with Crippen LogP contribution in [0.25, 0.3) is 0 Å². The first kappa shape index (κ1) is 18.9. The summed E-state index contributed by atoms with van der Waals surface area (Å²) in [5, 5.41) is 10.6. The first-order valence-electron chi connectivity index (χ1n) is 10.3.